The molecular weight excluding hydrogens is 372 g/mol. The van der Waals surface area contributed by atoms with Gasteiger partial charge in [-0.3, -0.25) is 9.59 Å². The summed E-state index contributed by atoms with van der Waals surface area (Å²) in [6.07, 6.45) is 1.30. The number of nitrogens with zero attached hydrogens (tertiary/aromatic N) is 2. The van der Waals surface area contributed by atoms with Crippen molar-refractivity contribution in [2.24, 2.45) is 0 Å². The fourth-order valence-corrected chi connectivity index (χ4v) is 3.49. The molecule has 29 heavy (non-hydrogen) atoms. The molecule has 0 saturated heterocycles. The van der Waals surface area contributed by atoms with Crippen LogP contribution in [0, 0.1) is 0 Å². The number of nitrogens with one attached hydrogen (secondary N) is 2. The molecule has 0 bridgehead atoms. The number of ether oxygens (including phenoxy) is 1. The number of aromatic nitrogens is 2. The molecule has 0 saturated carbocycles. The minimum Gasteiger partial charge on any atom is -0.445 e. The molecule has 2 aromatic carbocycles. The second kappa shape index (κ2) is 7.75. The molecule has 1 aliphatic heterocycles. The van der Waals surface area contributed by atoms with Gasteiger partial charge in [0.25, 0.3) is 0 Å². The van der Waals surface area contributed by atoms with Gasteiger partial charge in [0.05, 0.1) is 11.7 Å². The third kappa shape index (κ3) is 3.82. The first-order valence-corrected chi connectivity index (χ1v) is 9.27. The molecule has 2 amide bonds. The predicted octanol–water partition coefficient (Wildman–Crippen LogP) is 2.16. The van der Waals surface area contributed by atoms with Gasteiger partial charge in [0.15, 0.2) is 0 Å². The van der Waals surface area contributed by atoms with Gasteiger partial charge < -0.3 is 15.4 Å². The zero-order chi connectivity index (χ0) is 20.4. The maximum absolute atomic E-state index is 12.5. The van der Waals surface area contributed by atoms with Crippen LogP contribution in [0.4, 0.5) is 4.79 Å². The summed E-state index contributed by atoms with van der Waals surface area (Å²) in [7, 11) is 0. The maximum Gasteiger partial charge on any atom is 0.408 e. The van der Waals surface area contributed by atoms with Gasteiger partial charge in [-0.15, -0.1) is 0 Å². The number of hydrogen-bond donors (Lipinski definition) is 2. The first-order chi connectivity index (χ1) is 14.0. The van der Waals surface area contributed by atoms with E-state index in [1.54, 1.807) is 6.20 Å². The van der Waals surface area contributed by atoms with Crippen LogP contribution in [-0.4, -0.2) is 33.7 Å². The minimum absolute atomic E-state index is 0.127. The van der Waals surface area contributed by atoms with Crippen LogP contribution < -0.4 is 10.6 Å². The van der Waals surface area contributed by atoms with E-state index in [0.29, 0.717) is 18.5 Å². The van der Waals surface area contributed by atoms with Gasteiger partial charge in [-0.1, -0.05) is 36.4 Å². The average molecular weight is 392 g/mol. The lowest BCUT2D eigenvalue weighted by molar-refractivity contribution is -0.123. The molecule has 148 valence electrons. The van der Waals surface area contributed by atoms with Crippen LogP contribution in [0.5, 0.6) is 0 Å². The molecule has 0 fully saturated rings. The van der Waals surface area contributed by atoms with Crippen molar-refractivity contribution in [2.75, 3.05) is 0 Å². The second-order valence-corrected chi connectivity index (χ2v) is 6.89. The SMILES string of the molecule is CC(=O)n1ncc2c3c(ccc21)C[C@@H](NC(=O)OCc1ccccc1)C(=O)NC3. The van der Waals surface area contributed by atoms with Crippen LogP contribution in [-0.2, 0) is 29.1 Å². The van der Waals surface area contributed by atoms with E-state index >= 15 is 0 Å². The quantitative estimate of drug-likeness (QED) is 0.711. The number of rotatable bonds is 3. The summed E-state index contributed by atoms with van der Waals surface area (Å²) >= 11 is 0. The average Bonchev–Trinajstić information content (AvgIpc) is 3.09. The van der Waals surface area contributed by atoms with Gasteiger partial charge in [0, 0.05) is 25.3 Å². The van der Waals surface area contributed by atoms with Crippen LogP contribution in [0.1, 0.15) is 28.4 Å². The van der Waals surface area contributed by atoms with Crippen molar-refractivity contribution < 1.29 is 19.1 Å². The van der Waals surface area contributed by atoms with Crippen molar-refractivity contribution in [2.45, 2.75) is 32.5 Å². The number of benzene rings is 2. The highest BCUT2D eigenvalue weighted by Crippen LogP contribution is 2.25. The summed E-state index contributed by atoms with van der Waals surface area (Å²) in [5, 5.41) is 10.4. The molecule has 0 aliphatic carbocycles. The van der Waals surface area contributed by atoms with E-state index in [-0.39, 0.29) is 18.4 Å². The number of amides is 2. The number of hydrogen-bond acceptors (Lipinski definition) is 5. The van der Waals surface area contributed by atoms with E-state index in [1.165, 1.54) is 11.6 Å². The van der Waals surface area contributed by atoms with Crippen LogP contribution in [0.25, 0.3) is 10.9 Å². The number of alkyl carbamates (subject to hydrolysis) is 1. The molecule has 0 unspecified atom stereocenters. The highest BCUT2D eigenvalue weighted by atomic mass is 16.5. The molecule has 1 aliphatic rings. The lowest BCUT2D eigenvalue weighted by Gasteiger charge is -2.15. The van der Waals surface area contributed by atoms with E-state index in [4.69, 9.17) is 4.74 Å². The fraction of sp³-hybridized carbons (Fsp3) is 0.238. The number of carbonyl (C=O) groups is 3. The summed E-state index contributed by atoms with van der Waals surface area (Å²) in [6, 6.07) is 12.2. The van der Waals surface area contributed by atoms with Crippen molar-refractivity contribution in [3.05, 3.63) is 65.4 Å². The normalized spacial score (nSPS) is 15.9. The van der Waals surface area contributed by atoms with Crippen molar-refractivity contribution in [1.82, 2.24) is 20.4 Å². The number of fused-ring (bicyclic) bond motifs is 3. The van der Waals surface area contributed by atoms with Crippen molar-refractivity contribution in [3.8, 4) is 0 Å². The van der Waals surface area contributed by atoms with E-state index in [2.05, 4.69) is 15.7 Å². The zero-order valence-corrected chi connectivity index (χ0v) is 15.8. The zero-order valence-electron chi connectivity index (χ0n) is 15.8. The highest BCUT2D eigenvalue weighted by Gasteiger charge is 2.27. The smallest absolute Gasteiger partial charge is 0.408 e. The van der Waals surface area contributed by atoms with Gasteiger partial charge in [0.1, 0.15) is 12.6 Å². The fourth-order valence-electron chi connectivity index (χ4n) is 3.49. The van der Waals surface area contributed by atoms with E-state index in [9.17, 15) is 14.4 Å². The molecule has 4 rings (SSSR count). The Morgan fingerprint density at radius 2 is 2.03 bits per heavy atom. The van der Waals surface area contributed by atoms with E-state index in [0.717, 1.165) is 22.1 Å². The third-order valence-corrected chi connectivity index (χ3v) is 4.94. The Morgan fingerprint density at radius 1 is 1.24 bits per heavy atom. The van der Waals surface area contributed by atoms with Gasteiger partial charge in [0.2, 0.25) is 11.8 Å². The van der Waals surface area contributed by atoms with Crippen LogP contribution in [0.3, 0.4) is 0 Å². The highest BCUT2D eigenvalue weighted by molar-refractivity contribution is 5.93. The first kappa shape index (κ1) is 18.7. The molecule has 0 radical (unpaired) electrons. The Kier molecular flexibility index (Phi) is 4.99. The molecule has 1 atom stereocenters. The van der Waals surface area contributed by atoms with Gasteiger partial charge in [-0.25, -0.2) is 9.48 Å². The Balaban J connectivity index is 1.50. The summed E-state index contributed by atoms with van der Waals surface area (Å²) in [4.78, 5) is 36.4. The standard InChI is InChI=1S/C21H20N4O4/c1-13(26)25-19-8-7-15-9-18(20(27)22-10-16(15)17(19)11-23-25)24-21(28)29-12-14-5-3-2-4-6-14/h2-8,11,18H,9-10,12H2,1H3,(H,22,27)(H,24,28)/t18-/m1/s1. The summed E-state index contributed by atoms with van der Waals surface area (Å²) in [5.41, 5.74) is 3.36. The molecule has 1 aromatic heterocycles. The molecule has 2 N–H and O–H groups in total. The summed E-state index contributed by atoms with van der Waals surface area (Å²) < 4.78 is 6.56. The molecule has 2 heterocycles. The van der Waals surface area contributed by atoms with Gasteiger partial charge in [-0.2, -0.15) is 5.10 Å². The monoisotopic (exact) mass is 392 g/mol. The predicted molar refractivity (Wildman–Crippen MR) is 105 cm³/mol. The Labute approximate surface area is 166 Å². The van der Waals surface area contributed by atoms with Crippen molar-refractivity contribution in [3.63, 3.8) is 0 Å². The van der Waals surface area contributed by atoms with Crippen LogP contribution >= 0.6 is 0 Å². The van der Waals surface area contributed by atoms with Crippen LogP contribution in [0.2, 0.25) is 0 Å². The van der Waals surface area contributed by atoms with Crippen molar-refractivity contribution in [1.29, 1.82) is 0 Å². The molecule has 0 spiro atoms. The Morgan fingerprint density at radius 3 is 2.79 bits per heavy atom. The Bertz CT molecular complexity index is 1090. The Hall–Kier alpha value is -3.68. The van der Waals surface area contributed by atoms with Gasteiger partial charge >= 0.3 is 6.09 Å². The lowest BCUT2D eigenvalue weighted by Crippen LogP contribution is -2.46. The van der Waals surface area contributed by atoms with E-state index in [1.807, 2.05) is 42.5 Å². The van der Waals surface area contributed by atoms with Gasteiger partial charge in [-0.05, 0) is 22.8 Å². The second-order valence-electron chi connectivity index (χ2n) is 6.89. The molecule has 3 aromatic rings. The molecule has 8 nitrogen and oxygen atoms in total. The largest absolute Gasteiger partial charge is 0.445 e. The lowest BCUT2D eigenvalue weighted by atomic mass is 9.99. The minimum atomic E-state index is -0.750. The summed E-state index contributed by atoms with van der Waals surface area (Å²) in [6.45, 7) is 1.87. The molecule has 8 heteroatoms. The summed E-state index contributed by atoms with van der Waals surface area (Å²) in [5.74, 6) is -0.469. The molecular formula is C21H20N4O4. The van der Waals surface area contributed by atoms with E-state index < -0.39 is 12.1 Å². The van der Waals surface area contributed by atoms with Crippen LogP contribution in [0.15, 0.2) is 48.7 Å². The third-order valence-electron chi connectivity index (χ3n) is 4.94. The van der Waals surface area contributed by atoms with Crippen molar-refractivity contribution >= 4 is 28.8 Å². The topological polar surface area (TPSA) is 102 Å². The first-order valence-electron chi connectivity index (χ1n) is 9.27. The maximum atomic E-state index is 12.5. The number of carbonyl (C=O) groups excluding carboxylic acids is 3.